The zero-order chi connectivity index (χ0) is 12.0. The number of aryl methyl sites for hydroxylation is 1. The van der Waals surface area contributed by atoms with Crippen LogP contribution in [0.25, 0.3) is 0 Å². The van der Waals surface area contributed by atoms with Gasteiger partial charge in [-0.15, -0.1) is 0 Å². The summed E-state index contributed by atoms with van der Waals surface area (Å²) in [7, 11) is 1.78. The van der Waals surface area contributed by atoms with Gasteiger partial charge in [0.15, 0.2) is 5.78 Å². The van der Waals surface area contributed by atoms with Crippen LogP contribution in [0.15, 0.2) is 6.20 Å². The molecule has 3 rings (SSSR count). The lowest BCUT2D eigenvalue weighted by Gasteiger charge is -2.20. The maximum atomic E-state index is 12.2. The number of hydrogen-bond donors (Lipinski definition) is 0. The number of carbonyl (C=O) groups is 1. The van der Waals surface area contributed by atoms with Crippen LogP contribution >= 0.6 is 11.6 Å². The third kappa shape index (κ3) is 1.90. The van der Waals surface area contributed by atoms with Gasteiger partial charge in [0.1, 0.15) is 5.69 Å². The number of rotatable bonds is 3. The van der Waals surface area contributed by atoms with Crippen molar-refractivity contribution in [3.8, 4) is 0 Å². The van der Waals surface area contributed by atoms with Crippen molar-refractivity contribution in [2.24, 2.45) is 24.8 Å². The van der Waals surface area contributed by atoms with Crippen molar-refractivity contribution in [3.05, 3.63) is 16.9 Å². The number of hydrogen-bond acceptors (Lipinski definition) is 2. The normalized spacial score (nSPS) is 31.1. The van der Waals surface area contributed by atoms with Crippen LogP contribution in [0.5, 0.6) is 0 Å². The number of nitrogens with zero attached hydrogens (tertiary/aromatic N) is 2. The molecule has 0 spiro atoms. The van der Waals surface area contributed by atoms with Crippen LogP contribution in [0.1, 0.15) is 42.6 Å². The summed E-state index contributed by atoms with van der Waals surface area (Å²) in [5.74, 6) is 2.43. The van der Waals surface area contributed by atoms with E-state index in [2.05, 4.69) is 5.10 Å². The lowest BCUT2D eigenvalue weighted by Crippen LogP contribution is -2.17. The lowest BCUT2D eigenvalue weighted by atomic mass is 9.85. The van der Waals surface area contributed by atoms with Gasteiger partial charge in [-0.1, -0.05) is 18.0 Å². The van der Waals surface area contributed by atoms with E-state index in [1.807, 2.05) is 0 Å². The van der Waals surface area contributed by atoms with Crippen molar-refractivity contribution in [2.75, 3.05) is 0 Å². The summed E-state index contributed by atoms with van der Waals surface area (Å²) in [4.78, 5) is 12.2. The first-order chi connectivity index (χ1) is 8.15. The molecular weight excluding hydrogens is 236 g/mol. The standard InChI is InChI=1S/C13H17ClN2O/c1-16-13(11(14)7-15-16)12(17)6-10-5-8-2-3-9(10)4-8/h7-10H,2-6H2,1H3. The fourth-order valence-corrected chi connectivity index (χ4v) is 3.96. The SMILES string of the molecule is Cn1ncc(Cl)c1C(=O)CC1CC2CCC1C2. The molecule has 2 bridgehead atoms. The van der Waals surface area contributed by atoms with E-state index in [-0.39, 0.29) is 5.78 Å². The third-order valence-corrected chi connectivity index (χ3v) is 4.77. The van der Waals surface area contributed by atoms with Crippen LogP contribution in [0, 0.1) is 17.8 Å². The van der Waals surface area contributed by atoms with Crippen molar-refractivity contribution in [1.29, 1.82) is 0 Å². The molecule has 1 aromatic heterocycles. The second-order valence-corrected chi connectivity index (χ2v) is 5.93. The van der Waals surface area contributed by atoms with Gasteiger partial charge >= 0.3 is 0 Å². The van der Waals surface area contributed by atoms with Crippen molar-refractivity contribution >= 4 is 17.4 Å². The van der Waals surface area contributed by atoms with E-state index >= 15 is 0 Å². The molecule has 3 nitrogen and oxygen atoms in total. The van der Waals surface area contributed by atoms with E-state index < -0.39 is 0 Å². The number of carbonyl (C=O) groups excluding carboxylic acids is 1. The zero-order valence-electron chi connectivity index (χ0n) is 10.0. The van der Waals surface area contributed by atoms with Crippen LogP contribution in [0.4, 0.5) is 0 Å². The Labute approximate surface area is 106 Å². The Bertz CT molecular complexity index is 435. The van der Waals surface area contributed by atoms with Crippen molar-refractivity contribution in [3.63, 3.8) is 0 Å². The third-order valence-electron chi connectivity index (χ3n) is 4.49. The largest absolute Gasteiger partial charge is 0.292 e. The van der Waals surface area contributed by atoms with E-state index in [0.29, 0.717) is 23.1 Å². The highest BCUT2D eigenvalue weighted by atomic mass is 35.5. The zero-order valence-corrected chi connectivity index (χ0v) is 10.8. The second kappa shape index (κ2) is 4.13. The average molecular weight is 253 g/mol. The molecule has 3 unspecified atom stereocenters. The molecule has 2 saturated carbocycles. The lowest BCUT2D eigenvalue weighted by molar-refractivity contribution is 0.0935. The first-order valence-corrected chi connectivity index (χ1v) is 6.73. The number of aromatic nitrogens is 2. The first kappa shape index (κ1) is 11.3. The van der Waals surface area contributed by atoms with Gasteiger partial charge in [-0.2, -0.15) is 5.10 Å². The molecule has 2 fully saturated rings. The van der Waals surface area contributed by atoms with Crippen molar-refractivity contribution < 1.29 is 4.79 Å². The maximum Gasteiger partial charge on any atom is 0.182 e. The molecule has 0 saturated heterocycles. The highest BCUT2D eigenvalue weighted by Gasteiger charge is 2.40. The van der Waals surface area contributed by atoms with Gasteiger partial charge < -0.3 is 0 Å². The van der Waals surface area contributed by atoms with Crippen LogP contribution in [0.3, 0.4) is 0 Å². The molecular formula is C13H17ClN2O. The van der Waals surface area contributed by atoms with Crippen LogP contribution in [-0.4, -0.2) is 15.6 Å². The van der Waals surface area contributed by atoms with Crippen molar-refractivity contribution in [1.82, 2.24) is 9.78 Å². The summed E-state index contributed by atoms with van der Waals surface area (Å²) in [6.45, 7) is 0. The highest BCUT2D eigenvalue weighted by Crippen LogP contribution is 2.49. The molecule has 4 heteroatoms. The summed E-state index contributed by atoms with van der Waals surface area (Å²) in [5.41, 5.74) is 0.578. The Balaban J connectivity index is 1.72. The van der Waals surface area contributed by atoms with Gasteiger partial charge in [0.05, 0.1) is 11.2 Å². The molecule has 3 atom stereocenters. The maximum absolute atomic E-state index is 12.2. The first-order valence-electron chi connectivity index (χ1n) is 6.36. The number of ketones is 1. The summed E-state index contributed by atoms with van der Waals surface area (Å²) < 4.78 is 1.60. The Kier molecular flexibility index (Phi) is 2.74. The predicted octanol–water partition coefficient (Wildman–Crippen LogP) is 3.08. The average Bonchev–Trinajstić information content (AvgIpc) is 2.94. The summed E-state index contributed by atoms with van der Waals surface area (Å²) >= 11 is 6.00. The Morgan fingerprint density at radius 3 is 2.88 bits per heavy atom. The van der Waals surface area contributed by atoms with E-state index in [9.17, 15) is 4.79 Å². The fourth-order valence-electron chi connectivity index (χ4n) is 3.69. The minimum absolute atomic E-state index is 0.160. The molecule has 92 valence electrons. The van der Waals surface area contributed by atoms with Crippen LogP contribution < -0.4 is 0 Å². The van der Waals surface area contributed by atoms with Crippen LogP contribution in [0.2, 0.25) is 5.02 Å². The topological polar surface area (TPSA) is 34.9 Å². The molecule has 0 aromatic carbocycles. The Hall–Kier alpha value is -0.830. The molecule has 0 amide bonds. The smallest absolute Gasteiger partial charge is 0.182 e. The van der Waals surface area contributed by atoms with E-state index in [1.54, 1.807) is 17.9 Å². The molecule has 0 N–H and O–H groups in total. The van der Waals surface area contributed by atoms with Gasteiger partial charge in [-0.3, -0.25) is 9.48 Å². The van der Waals surface area contributed by atoms with Gasteiger partial charge in [-0.25, -0.2) is 0 Å². The van der Waals surface area contributed by atoms with E-state index in [0.717, 1.165) is 11.8 Å². The number of Topliss-reactive ketones (excluding diaryl/α,β-unsaturated/α-hetero) is 1. The molecule has 2 aliphatic rings. The van der Waals surface area contributed by atoms with Gasteiger partial charge in [0, 0.05) is 13.5 Å². The minimum atomic E-state index is 0.160. The van der Waals surface area contributed by atoms with Gasteiger partial charge in [0.25, 0.3) is 0 Å². The van der Waals surface area contributed by atoms with Gasteiger partial charge in [-0.05, 0) is 37.0 Å². The molecule has 0 radical (unpaired) electrons. The quantitative estimate of drug-likeness (QED) is 0.775. The van der Waals surface area contributed by atoms with Gasteiger partial charge in [0.2, 0.25) is 0 Å². The Morgan fingerprint density at radius 1 is 1.53 bits per heavy atom. The summed E-state index contributed by atoms with van der Waals surface area (Å²) in [6.07, 6.45) is 7.49. The number of fused-ring (bicyclic) bond motifs is 2. The van der Waals surface area contributed by atoms with Crippen LogP contribution in [-0.2, 0) is 7.05 Å². The monoisotopic (exact) mass is 252 g/mol. The molecule has 17 heavy (non-hydrogen) atoms. The second-order valence-electron chi connectivity index (χ2n) is 5.53. The molecule has 0 aliphatic heterocycles. The minimum Gasteiger partial charge on any atom is -0.292 e. The summed E-state index contributed by atoms with van der Waals surface area (Å²) in [5, 5.41) is 4.51. The van der Waals surface area contributed by atoms with Crippen molar-refractivity contribution in [2.45, 2.75) is 32.1 Å². The predicted molar refractivity (Wildman–Crippen MR) is 66.1 cm³/mol. The molecule has 1 aromatic rings. The highest BCUT2D eigenvalue weighted by molar-refractivity contribution is 6.33. The number of halogens is 1. The Morgan fingerprint density at radius 2 is 2.35 bits per heavy atom. The van der Waals surface area contributed by atoms with E-state index in [4.69, 9.17) is 11.6 Å². The van der Waals surface area contributed by atoms with E-state index in [1.165, 1.54) is 25.7 Å². The summed E-state index contributed by atoms with van der Waals surface area (Å²) in [6, 6.07) is 0. The molecule has 2 aliphatic carbocycles. The molecule has 1 heterocycles. The fraction of sp³-hybridized carbons (Fsp3) is 0.692.